The SMILES string of the molecule is B[C@H](N)C(C)=O. The van der Waals surface area contributed by atoms with Crippen molar-refractivity contribution in [3.8, 4) is 0 Å². The van der Waals surface area contributed by atoms with Crippen LogP contribution >= 0.6 is 0 Å². The van der Waals surface area contributed by atoms with Gasteiger partial charge < -0.3 is 5.73 Å². The third-order valence-corrected chi connectivity index (χ3v) is 0.641. The first-order chi connectivity index (χ1) is 2.64. The fourth-order valence-electron chi connectivity index (χ4n) is 0. The van der Waals surface area contributed by atoms with E-state index in [1.54, 1.807) is 7.85 Å². The van der Waals surface area contributed by atoms with Gasteiger partial charge in [0.15, 0.2) is 0 Å². The Labute approximate surface area is 38.1 Å². The van der Waals surface area contributed by atoms with Crippen LogP contribution in [0, 0.1) is 0 Å². The summed E-state index contributed by atoms with van der Waals surface area (Å²) in [6, 6.07) is 0. The molecule has 0 radical (unpaired) electrons. The zero-order valence-corrected chi connectivity index (χ0v) is 4.06. The fraction of sp³-hybridized carbons (Fsp3) is 0.667. The maximum atomic E-state index is 10.0. The Hall–Kier alpha value is -0.305. The van der Waals surface area contributed by atoms with E-state index in [0.717, 1.165) is 0 Å². The van der Waals surface area contributed by atoms with E-state index in [9.17, 15) is 4.79 Å². The molecule has 6 heavy (non-hydrogen) atoms. The summed E-state index contributed by atoms with van der Waals surface area (Å²) >= 11 is 0. The normalized spacial score (nSPS) is 13.7. The van der Waals surface area contributed by atoms with Gasteiger partial charge in [-0.3, -0.25) is 4.79 Å². The molecular weight excluding hydrogens is 76.9 g/mol. The van der Waals surface area contributed by atoms with E-state index in [-0.39, 0.29) is 11.7 Å². The second-order valence-corrected chi connectivity index (χ2v) is 1.40. The van der Waals surface area contributed by atoms with Crippen LogP contribution in [0.1, 0.15) is 6.92 Å². The first-order valence-corrected chi connectivity index (χ1v) is 1.90. The molecule has 0 bridgehead atoms. The molecule has 0 aromatic carbocycles. The smallest absolute Gasteiger partial charge is 0.137 e. The number of nitrogens with two attached hydrogens (primary N) is 1. The Morgan fingerprint density at radius 1 is 2.00 bits per heavy atom. The second kappa shape index (κ2) is 1.98. The van der Waals surface area contributed by atoms with Crippen LogP contribution in [-0.2, 0) is 4.79 Å². The zero-order valence-electron chi connectivity index (χ0n) is 4.06. The summed E-state index contributed by atoms with van der Waals surface area (Å²) in [5.41, 5.74) is 5.09. The van der Waals surface area contributed by atoms with E-state index in [1.165, 1.54) is 6.92 Å². The van der Waals surface area contributed by atoms with Crippen molar-refractivity contribution in [1.82, 2.24) is 0 Å². The summed E-state index contributed by atoms with van der Waals surface area (Å²) in [6.07, 6.45) is 0. The molecule has 3 heteroatoms. The highest BCUT2D eigenvalue weighted by molar-refractivity contribution is 6.23. The van der Waals surface area contributed by atoms with Gasteiger partial charge in [-0.2, -0.15) is 0 Å². The average molecular weight is 84.9 g/mol. The maximum Gasteiger partial charge on any atom is 0.137 e. The van der Waals surface area contributed by atoms with Gasteiger partial charge in [-0.05, 0) is 6.92 Å². The molecule has 2 N–H and O–H groups in total. The molecule has 0 aliphatic heterocycles. The van der Waals surface area contributed by atoms with Gasteiger partial charge >= 0.3 is 0 Å². The highest BCUT2D eigenvalue weighted by atomic mass is 16.1. The molecule has 0 fully saturated rings. The summed E-state index contributed by atoms with van der Waals surface area (Å²) in [5, 5.41) is 0. The minimum absolute atomic E-state index is 0.0370. The van der Waals surface area contributed by atoms with Crippen molar-refractivity contribution in [2.24, 2.45) is 5.73 Å². The lowest BCUT2D eigenvalue weighted by Gasteiger charge is -1.91. The molecule has 0 aliphatic rings. The van der Waals surface area contributed by atoms with Gasteiger partial charge in [0.25, 0.3) is 0 Å². The summed E-state index contributed by atoms with van der Waals surface area (Å²) in [4.78, 5) is 10.0. The van der Waals surface area contributed by atoms with Crippen molar-refractivity contribution in [3.63, 3.8) is 0 Å². The molecule has 0 spiro atoms. The molecule has 0 aliphatic carbocycles. The molecule has 0 rings (SSSR count). The molecule has 1 atom stereocenters. The van der Waals surface area contributed by atoms with Crippen LogP contribution in [0.4, 0.5) is 0 Å². The van der Waals surface area contributed by atoms with Gasteiger partial charge in [-0.1, -0.05) is 0 Å². The van der Waals surface area contributed by atoms with E-state index in [4.69, 9.17) is 5.73 Å². The Morgan fingerprint density at radius 2 is 2.17 bits per heavy atom. The van der Waals surface area contributed by atoms with Gasteiger partial charge in [-0.25, -0.2) is 0 Å². The largest absolute Gasteiger partial charge is 0.328 e. The van der Waals surface area contributed by atoms with Gasteiger partial charge in [0.1, 0.15) is 13.6 Å². The zero-order chi connectivity index (χ0) is 5.15. The number of rotatable bonds is 1. The highest BCUT2D eigenvalue weighted by Crippen LogP contribution is 1.66. The Bertz CT molecular complexity index is 61.8. The predicted octanol–water partition coefficient (Wildman–Crippen LogP) is -1.51. The Kier molecular flexibility index (Phi) is 1.88. The minimum Gasteiger partial charge on any atom is -0.328 e. The van der Waals surface area contributed by atoms with Crippen LogP contribution in [0.2, 0.25) is 0 Å². The third kappa shape index (κ3) is 1.97. The van der Waals surface area contributed by atoms with Crippen molar-refractivity contribution in [2.45, 2.75) is 12.9 Å². The molecule has 0 heterocycles. The van der Waals surface area contributed by atoms with Gasteiger partial charge in [0, 0.05) is 5.94 Å². The molecule has 0 amide bonds. The topological polar surface area (TPSA) is 43.1 Å². The van der Waals surface area contributed by atoms with Crippen molar-refractivity contribution < 1.29 is 4.79 Å². The van der Waals surface area contributed by atoms with Crippen molar-refractivity contribution in [3.05, 3.63) is 0 Å². The first-order valence-electron chi connectivity index (χ1n) is 1.90. The van der Waals surface area contributed by atoms with Crippen LogP contribution in [0.3, 0.4) is 0 Å². The maximum absolute atomic E-state index is 10.0. The second-order valence-electron chi connectivity index (χ2n) is 1.40. The molecule has 0 unspecified atom stereocenters. The van der Waals surface area contributed by atoms with Gasteiger partial charge in [-0.15, -0.1) is 0 Å². The molecule has 0 aromatic heterocycles. The van der Waals surface area contributed by atoms with Crippen molar-refractivity contribution in [1.29, 1.82) is 0 Å². The lowest BCUT2D eigenvalue weighted by Crippen LogP contribution is -2.27. The van der Waals surface area contributed by atoms with Crippen LogP contribution in [0.25, 0.3) is 0 Å². The monoisotopic (exact) mass is 85.1 g/mol. The summed E-state index contributed by atoms with van der Waals surface area (Å²) in [5.74, 6) is -0.250. The Balaban J connectivity index is 3.26. The minimum atomic E-state index is -0.287. The van der Waals surface area contributed by atoms with Crippen LogP contribution in [0.5, 0.6) is 0 Å². The molecular formula is C3H8BNO. The van der Waals surface area contributed by atoms with E-state index in [0.29, 0.717) is 0 Å². The lowest BCUT2D eigenvalue weighted by atomic mass is 9.95. The number of ketones is 1. The number of carbonyl (C=O) groups is 1. The van der Waals surface area contributed by atoms with E-state index in [1.807, 2.05) is 0 Å². The lowest BCUT2D eigenvalue weighted by molar-refractivity contribution is -0.116. The average Bonchev–Trinajstić information content (AvgIpc) is 1.36. The molecule has 0 aromatic rings. The number of Topliss-reactive ketones (excluding diaryl/α,β-unsaturated/α-hetero) is 1. The third-order valence-electron chi connectivity index (χ3n) is 0.641. The number of carbonyl (C=O) groups excluding carboxylic acids is 1. The van der Waals surface area contributed by atoms with E-state index >= 15 is 0 Å². The van der Waals surface area contributed by atoms with Crippen molar-refractivity contribution >= 4 is 13.6 Å². The summed E-state index contributed by atoms with van der Waals surface area (Å²) < 4.78 is 0. The number of hydrogen-bond acceptors (Lipinski definition) is 2. The first kappa shape index (κ1) is 5.69. The molecule has 2 nitrogen and oxygen atoms in total. The van der Waals surface area contributed by atoms with Crippen molar-refractivity contribution in [2.75, 3.05) is 0 Å². The standard InChI is InChI=1S/C3H8BNO/c1-2(6)3(4)5/h3H,4-5H2,1H3/t3-/m1/s1. The molecule has 34 valence electrons. The van der Waals surface area contributed by atoms with Crippen LogP contribution < -0.4 is 5.73 Å². The fourth-order valence-corrected chi connectivity index (χ4v) is 0. The molecule has 0 saturated heterocycles. The van der Waals surface area contributed by atoms with E-state index < -0.39 is 0 Å². The molecule has 0 saturated carbocycles. The van der Waals surface area contributed by atoms with Crippen LogP contribution in [0.15, 0.2) is 0 Å². The van der Waals surface area contributed by atoms with Crippen LogP contribution in [-0.4, -0.2) is 19.6 Å². The summed E-state index contributed by atoms with van der Waals surface area (Å²) in [7, 11) is 1.67. The highest BCUT2D eigenvalue weighted by Gasteiger charge is 1.95. The Morgan fingerprint density at radius 3 is 2.17 bits per heavy atom. The predicted molar refractivity (Wildman–Crippen MR) is 27.2 cm³/mol. The number of hydrogen-bond donors (Lipinski definition) is 1. The van der Waals surface area contributed by atoms with Gasteiger partial charge in [0.05, 0.1) is 0 Å². The van der Waals surface area contributed by atoms with Gasteiger partial charge in [0.2, 0.25) is 0 Å². The summed E-state index contributed by atoms with van der Waals surface area (Å²) in [6.45, 7) is 1.48. The van der Waals surface area contributed by atoms with E-state index in [2.05, 4.69) is 0 Å². The quantitative estimate of drug-likeness (QED) is 0.393.